The van der Waals surface area contributed by atoms with Gasteiger partial charge in [-0.1, -0.05) is 48.0 Å². The molecule has 3 rings (SSSR count). The Morgan fingerprint density at radius 3 is 2.64 bits per heavy atom. The fourth-order valence-electron chi connectivity index (χ4n) is 3.47. The molecule has 0 amide bonds. The Balaban J connectivity index is 1.54. The van der Waals surface area contributed by atoms with E-state index < -0.39 is 6.10 Å². The molecular formula is C23H32N2O3. The van der Waals surface area contributed by atoms with Crippen molar-refractivity contribution in [2.45, 2.75) is 19.6 Å². The molecule has 0 saturated carbocycles. The summed E-state index contributed by atoms with van der Waals surface area (Å²) in [6.07, 6.45) is -0.533. The minimum absolute atomic E-state index is 0.298. The molecule has 0 bridgehead atoms. The summed E-state index contributed by atoms with van der Waals surface area (Å²) in [5.41, 5.74) is 2.54. The number of nitrogens with zero attached hydrogens (tertiary/aromatic N) is 2. The Bertz CT molecular complexity index is 689. The molecule has 2 aromatic carbocycles. The monoisotopic (exact) mass is 384 g/mol. The molecule has 0 spiro atoms. The molecule has 0 unspecified atom stereocenters. The van der Waals surface area contributed by atoms with E-state index in [0.29, 0.717) is 13.2 Å². The zero-order valence-electron chi connectivity index (χ0n) is 16.8. The van der Waals surface area contributed by atoms with Gasteiger partial charge < -0.3 is 14.6 Å². The highest BCUT2D eigenvalue weighted by atomic mass is 16.5. The van der Waals surface area contributed by atoms with Crippen LogP contribution in [0.3, 0.4) is 0 Å². The maximum absolute atomic E-state index is 10.6. The molecule has 1 aliphatic rings. The molecule has 1 aliphatic heterocycles. The van der Waals surface area contributed by atoms with Gasteiger partial charge in [0.15, 0.2) is 0 Å². The van der Waals surface area contributed by atoms with Crippen LogP contribution in [0.1, 0.15) is 11.1 Å². The first-order valence-electron chi connectivity index (χ1n) is 10.1. The van der Waals surface area contributed by atoms with Gasteiger partial charge in [0.1, 0.15) is 18.5 Å². The number of para-hydroxylation sites is 1. The summed E-state index contributed by atoms with van der Waals surface area (Å²) in [6.45, 7) is 9.32. The number of benzene rings is 2. The van der Waals surface area contributed by atoms with Gasteiger partial charge >= 0.3 is 0 Å². The molecule has 1 saturated heterocycles. The maximum atomic E-state index is 10.6. The summed E-state index contributed by atoms with van der Waals surface area (Å²) in [4.78, 5) is 4.75. The van der Waals surface area contributed by atoms with E-state index in [2.05, 4.69) is 41.0 Å². The Hall–Kier alpha value is -1.92. The summed E-state index contributed by atoms with van der Waals surface area (Å²) in [7, 11) is 0. The van der Waals surface area contributed by atoms with Crippen LogP contribution in [0.2, 0.25) is 0 Å². The van der Waals surface area contributed by atoms with Crippen LogP contribution in [0, 0.1) is 6.92 Å². The van der Waals surface area contributed by atoms with Crippen molar-refractivity contribution >= 4 is 0 Å². The van der Waals surface area contributed by atoms with Crippen LogP contribution in [0.4, 0.5) is 0 Å². The number of aliphatic hydroxyl groups excluding tert-OH is 1. The number of aryl methyl sites for hydroxylation is 1. The largest absolute Gasteiger partial charge is 0.491 e. The topological polar surface area (TPSA) is 45.2 Å². The van der Waals surface area contributed by atoms with Gasteiger partial charge in [0.2, 0.25) is 0 Å². The molecule has 152 valence electrons. The van der Waals surface area contributed by atoms with E-state index in [1.807, 2.05) is 30.3 Å². The highest BCUT2D eigenvalue weighted by molar-refractivity contribution is 5.22. The van der Waals surface area contributed by atoms with Crippen molar-refractivity contribution in [2.75, 3.05) is 52.5 Å². The number of ether oxygens (including phenoxy) is 2. The quantitative estimate of drug-likeness (QED) is 0.682. The number of aliphatic hydroxyl groups is 1. The van der Waals surface area contributed by atoms with Gasteiger partial charge in [0.25, 0.3) is 0 Å². The third-order valence-corrected chi connectivity index (χ3v) is 4.98. The molecule has 5 heteroatoms. The minimum atomic E-state index is -0.533. The molecular weight excluding hydrogens is 352 g/mol. The van der Waals surface area contributed by atoms with Crippen LogP contribution in [-0.4, -0.2) is 73.6 Å². The number of morpholine rings is 1. The average Bonchev–Trinajstić information content (AvgIpc) is 2.72. The molecule has 1 N–H and O–H groups in total. The van der Waals surface area contributed by atoms with Crippen molar-refractivity contribution in [1.29, 1.82) is 0 Å². The first-order valence-corrected chi connectivity index (χ1v) is 10.1. The highest BCUT2D eigenvalue weighted by Crippen LogP contribution is 2.11. The van der Waals surface area contributed by atoms with E-state index in [1.165, 1.54) is 11.1 Å². The van der Waals surface area contributed by atoms with Crippen LogP contribution in [-0.2, 0) is 11.3 Å². The van der Waals surface area contributed by atoms with Crippen molar-refractivity contribution in [3.05, 3.63) is 65.7 Å². The Kier molecular flexibility index (Phi) is 8.30. The van der Waals surface area contributed by atoms with Gasteiger partial charge in [-0.15, -0.1) is 0 Å². The summed E-state index contributed by atoms with van der Waals surface area (Å²) in [6, 6.07) is 18.2. The average molecular weight is 385 g/mol. The van der Waals surface area contributed by atoms with E-state index in [4.69, 9.17) is 9.47 Å². The number of hydrogen-bond donors (Lipinski definition) is 1. The lowest BCUT2D eigenvalue weighted by Gasteiger charge is -2.31. The molecule has 28 heavy (non-hydrogen) atoms. The predicted molar refractivity (Wildman–Crippen MR) is 112 cm³/mol. The Morgan fingerprint density at radius 1 is 1.11 bits per heavy atom. The number of hydrogen-bond acceptors (Lipinski definition) is 5. The third-order valence-electron chi connectivity index (χ3n) is 4.98. The fraction of sp³-hybridized carbons (Fsp3) is 0.478. The second-order valence-electron chi connectivity index (χ2n) is 7.46. The zero-order chi connectivity index (χ0) is 19.6. The molecule has 1 atom stereocenters. The zero-order valence-corrected chi connectivity index (χ0v) is 16.8. The van der Waals surface area contributed by atoms with Crippen LogP contribution in [0.25, 0.3) is 0 Å². The summed E-state index contributed by atoms with van der Waals surface area (Å²) in [5, 5.41) is 10.6. The van der Waals surface area contributed by atoms with Gasteiger partial charge in [-0.2, -0.15) is 0 Å². The molecule has 0 aliphatic carbocycles. The van der Waals surface area contributed by atoms with Gasteiger partial charge in [-0.05, 0) is 24.6 Å². The van der Waals surface area contributed by atoms with E-state index in [1.54, 1.807) is 0 Å². The smallest absolute Gasteiger partial charge is 0.119 e. The molecule has 1 fully saturated rings. The first-order chi connectivity index (χ1) is 13.7. The van der Waals surface area contributed by atoms with Crippen LogP contribution >= 0.6 is 0 Å². The van der Waals surface area contributed by atoms with Gasteiger partial charge in [-0.3, -0.25) is 9.80 Å². The number of rotatable bonds is 10. The third kappa shape index (κ3) is 7.24. The van der Waals surface area contributed by atoms with Crippen molar-refractivity contribution in [2.24, 2.45) is 0 Å². The van der Waals surface area contributed by atoms with Crippen molar-refractivity contribution < 1.29 is 14.6 Å². The van der Waals surface area contributed by atoms with Crippen LogP contribution < -0.4 is 4.74 Å². The summed E-state index contributed by atoms with van der Waals surface area (Å²) in [5.74, 6) is 0.792. The second-order valence-corrected chi connectivity index (χ2v) is 7.46. The summed E-state index contributed by atoms with van der Waals surface area (Å²) >= 11 is 0. The van der Waals surface area contributed by atoms with Gasteiger partial charge in [-0.25, -0.2) is 0 Å². The van der Waals surface area contributed by atoms with Gasteiger partial charge in [0.05, 0.1) is 13.2 Å². The minimum Gasteiger partial charge on any atom is -0.491 e. The highest BCUT2D eigenvalue weighted by Gasteiger charge is 2.16. The second kappa shape index (κ2) is 11.2. The van der Waals surface area contributed by atoms with E-state index >= 15 is 0 Å². The lowest BCUT2D eigenvalue weighted by molar-refractivity contribution is 0.0256. The van der Waals surface area contributed by atoms with Crippen molar-refractivity contribution in [3.8, 4) is 5.75 Å². The normalized spacial score (nSPS) is 16.2. The maximum Gasteiger partial charge on any atom is 0.119 e. The molecule has 0 aromatic heterocycles. The van der Waals surface area contributed by atoms with Crippen molar-refractivity contribution in [3.63, 3.8) is 0 Å². The Labute approximate surface area is 168 Å². The Morgan fingerprint density at radius 2 is 1.89 bits per heavy atom. The SMILES string of the molecule is Cc1cccc(CN(CCN2CCOCC2)C[C@H](O)COc2ccccc2)c1. The van der Waals surface area contributed by atoms with Gasteiger partial charge in [0, 0.05) is 39.3 Å². The molecule has 1 heterocycles. The molecule has 0 radical (unpaired) electrons. The first kappa shape index (κ1) is 20.8. The molecule has 5 nitrogen and oxygen atoms in total. The lowest BCUT2D eigenvalue weighted by atomic mass is 10.1. The predicted octanol–water partition coefficient (Wildman–Crippen LogP) is 2.57. The summed E-state index contributed by atoms with van der Waals surface area (Å²) < 4.78 is 11.2. The lowest BCUT2D eigenvalue weighted by Crippen LogP contribution is -2.43. The standard InChI is InChI=1S/C23H32N2O3/c1-20-6-5-7-21(16-20)17-25(11-10-24-12-14-27-15-13-24)18-22(26)19-28-23-8-3-2-4-9-23/h2-9,16,22,26H,10-15,17-19H2,1H3/t22-/m0/s1. The van der Waals surface area contributed by atoms with Crippen molar-refractivity contribution in [1.82, 2.24) is 9.80 Å². The van der Waals surface area contributed by atoms with Crippen LogP contribution in [0.5, 0.6) is 5.75 Å². The van der Waals surface area contributed by atoms with E-state index in [9.17, 15) is 5.11 Å². The van der Waals surface area contributed by atoms with E-state index in [-0.39, 0.29) is 0 Å². The molecule has 2 aromatic rings. The fourth-order valence-corrected chi connectivity index (χ4v) is 3.47. The van der Waals surface area contributed by atoms with E-state index in [0.717, 1.165) is 51.7 Å². The van der Waals surface area contributed by atoms with Crippen LogP contribution in [0.15, 0.2) is 54.6 Å².